The summed E-state index contributed by atoms with van der Waals surface area (Å²) in [7, 11) is -3.67. The first-order valence-corrected chi connectivity index (χ1v) is 9.05. The van der Waals surface area contributed by atoms with Gasteiger partial charge in [-0.1, -0.05) is 6.92 Å². The highest BCUT2D eigenvalue weighted by Gasteiger charge is 2.22. The first-order valence-electron chi connectivity index (χ1n) is 6.28. The Hall–Kier alpha value is -0.790. The molecule has 0 bridgehead atoms. The topological polar surface area (TPSA) is 72.2 Å². The van der Waals surface area contributed by atoms with E-state index in [1.54, 1.807) is 18.7 Å². The number of aryl methyl sites for hydroxylation is 1. The Morgan fingerprint density at radius 2 is 2.05 bits per heavy atom. The number of nitrogens with two attached hydrogens (primary N) is 1. The monoisotopic (exact) mass is 320 g/mol. The summed E-state index contributed by atoms with van der Waals surface area (Å²) in [5, 5.41) is 0.373. The molecular formula is C13H21FN2O2S2. The maximum Gasteiger partial charge on any atom is 0.241 e. The van der Waals surface area contributed by atoms with Crippen LogP contribution in [0.1, 0.15) is 24.5 Å². The molecule has 7 heteroatoms. The fraction of sp³-hybridized carbons (Fsp3) is 0.538. The number of benzene rings is 1. The summed E-state index contributed by atoms with van der Waals surface area (Å²) in [6.45, 7) is 5.46. The van der Waals surface area contributed by atoms with Gasteiger partial charge in [-0.3, -0.25) is 0 Å². The van der Waals surface area contributed by atoms with Crippen molar-refractivity contribution in [3.05, 3.63) is 23.0 Å². The lowest BCUT2D eigenvalue weighted by Gasteiger charge is -2.15. The van der Waals surface area contributed by atoms with Crippen molar-refractivity contribution in [1.29, 1.82) is 0 Å². The Bertz CT molecular complexity index is 589. The van der Waals surface area contributed by atoms with Crippen molar-refractivity contribution in [3.63, 3.8) is 0 Å². The minimum absolute atomic E-state index is 0.0770. The number of nitrogen functional groups attached to an aromatic ring is 1. The van der Waals surface area contributed by atoms with E-state index in [0.717, 1.165) is 12.5 Å². The minimum Gasteiger partial charge on any atom is -0.396 e. The van der Waals surface area contributed by atoms with Crippen molar-refractivity contribution in [2.24, 2.45) is 0 Å². The fourth-order valence-corrected chi connectivity index (χ4v) is 3.81. The largest absolute Gasteiger partial charge is 0.396 e. The maximum atomic E-state index is 13.5. The van der Waals surface area contributed by atoms with Gasteiger partial charge in [-0.2, -0.15) is 11.8 Å². The molecule has 0 saturated heterocycles. The molecule has 1 aromatic carbocycles. The van der Waals surface area contributed by atoms with Crippen molar-refractivity contribution < 1.29 is 12.8 Å². The molecule has 114 valence electrons. The van der Waals surface area contributed by atoms with Gasteiger partial charge in [-0.05, 0) is 43.7 Å². The number of nitrogens with one attached hydrogen (secondary N) is 1. The van der Waals surface area contributed by atoms with Crippen molar-refractivity contribution in [1.82, 2.24) is 4.72 Å². The van der Waals surface area contributed by atoms with E-state index in [9.17, 15) is 12.8 Å². The van der Waals surface area contributed by atoms with E-state index in [-0.39, 0.29) is 16.1 Å². The highest BCUT2D eigenvalue weighted by atomic mass is 32.2. The predicted octanol–water partition coefficient (Wildman–Crippen LogP) is 2.44. The van der Waals surface area contributed by atoms with Crippen LogP contribution in [0.15, 0.2) is 11.0 Å². The normalized spacial score (nSPS) is 13.4. The third-order valence-corrected chi connectivity index (χ3v) is 6.01. The van der Waals surface area contributed by atoms with Crippen LogP contribution in [0.3, 0.4) is 0 Å². The maximum absolute atomic E-state index is 13.5. The second kappa shape index (κ2) is 6.78. The third-order valence-electron chi connectivity index (χ3n) is 3.22. The Morgan fingerprint density at radius 1 is 1.45 bits per heavy atom. The molecule has 1 unspecified atom stereocenters. The van der Waals surface area contributed by atoms with E-state index in [4.69, 9.17) is 5.73 Å². The summed E-state index contributed by atoms with van der Waals surface area (Å²) in [4.78, 5) is 0.0770. The second-order valence-electron chi connectivity index (χ2n) is 4.78. The molecule has 0 aliphatic rings. The Kier molecular flexibility index (Phi) is 5.85. The summed E-state index contributed by atoms with van der Waals surface area (Å²) in [5.74, 6) is -0.588. The molecule has 0 heterocycles. The van der Waals surface area contributed by atoms with E-state index >= 15 is 0 Å². The van der Waals surface area contributed by atoms with Gasteiger partial charge in [-0.15, -0.1) is 0 Å². The van der Waals surface area contributed by atoms with Crippen LogP contribution in [0.5, 0.6) is 0 Å². The summed E-state index contributed by atoms with van der Waals surface area (Å²) in [5.41, 5.74) is 6.08. The first-order chi connectivity index (χ1) is 9.20. The molecule has 0 saturated carbocycles. The average Bonchev–Trinajstić information content (AvgIpc) is 2.35. The van der Waals surface area contributed by atoms with Gasteiger partial charge in [0.05, 0.1) is 10.6 Å². The second-order valence-corrected chi connectivity index (χ2v) is 7.76. The minimum atomic E-state index is -3.67. The molecule has 0 aromatic heterocycles. The Labute approximate surface area is 124 Å². The summed E-state index contributed by atoms with van der Waals surface area (Å²) >= 11 is 1.68. The zero-order chi connectivity index (χ0) is 15.5. The Balaban J connectivity index is 3.02. The molecule has 1 rings (SSSR count). The first kappa shape index (κ1) is 17.3. The molecule has 0 aliphatic heterocycles. The van der Waals surface area contributed by atoms with Crippen LogP contribution in [0.2, 0.25) is 0 Å². The van der Waals surface area contributed by atoms with Crippen molar-refractivity contribution in [2.45, 2.75) is 37.3 Å². The van der Waals surface area contributed by atoms with Gasteiger partial charge in [0.25, 0.3) is 0 Å². The fourth-order valence-electron chi connectivity index (χ4n) is 1.93. The van der Waals surface area contributed by atoms with Crippen molar-refractivity contribution in [2.75, 3.05) is 18.5 Å². The van der Waals surface area contributed by atoms with Gasteiger partial charge >= 0.3 is 0 Å². The van der Waals surface area contributed by atoms with Crippen LogP contribution in [0.25, 0.3) is 0 Å². The van der Waals surface area contributed by atoms with Gasteiger partial charge in [0, 0.05) is 11.8 Å². The van der Waals surface area contributed by atoms with Crippen LogP contribution in [-0.2, 0) is 10.0 Å². The van der Waals surface area contributed by atoms with E-state index in [0.29, 0.717) is 17.4 Å². The van der Waals surface area contributed by atoms with Crippen LogP contribution in [0.4, 0.5) is 10.1 Å². The van der Waals surface area contributed by atoms with E-state index < -0.39 is 15.8 Å². The quantitative estimate of drug-likeness (QED) is 0.790. The van der Waals surface area contributed by atoms with Crippen LogP contribution >= 0.6 is 11.8 Å². The molecular weight excluding hydrogens is 299 g/mol. The van der Waals surface area contributed by atoms with Crippen LogP contribution in [0, 0.1) is 19.7 Å². The number of hydrogen-bond acceptors (Lipinski definition) is 4. The standard InChI is InChI=1S/C13H21FN2O2S2/c1-8-7-11(14)12(15)10(3)13(8)20(17,18)16-6-5-9(2)19-4/h7,9,16H,5-6,15H2,1-4H3. The molecule has 0 radical (unpaired) electrons. The average molecular weight is 320 g/mol. The molecule has 20 heavy (non-hydrogen) atoms. The summed E-state index contributed by atoms with van der Waals surface area (Å²) in [6.07, 6.45) is 2.71. The number of hydrogen-bond donors (Lipinski definition) is 2. The molecule has 4 nitrogen and oxygen atoms in total. The van der Waals surface area contributed by atoms with Crippen LogP contribution in [-0.4, -0.2) is 26.5 Å². The highest BCUT2D eigenvalue weighted by molar-refractivity contribution is 7.99. The molecule has 0 amide bonds. The van der Waals surface area contributed by atoms with Crippen molar-refractivity contribution >= 4 is 27.5 Å². The smallest absolute Gasteiger partial charge is 0.241 e. The van der Waals surface area contributed by atoms with Gasteiger partial charge in [0.15, 0.2) is 0 Å². The lowest BCUT2D eigenvalue weighted by Crippen LogP contribution is -2.28. The number of thioether (sulfide) groups is 1. The predicted molar refractivity (Wildman–Crippen MR) is 83.1 cm³/mol. The molecule has 0 spiro atoms. The molecule has 0 fully saturated rings. The third kappa shape index (κ3) is 3.86. The SMILES string of the molecule is CSC(C)CCNS(=O)(=O)c1c(C)cc(F)c(N)c1C. The summed E-state index contributed by atoms with van der Waals surface area (Å²) in [6, 6.07) is 1.15. The van der Waals surface area contributed by atoms with E-state index in [1.165, 1.54) is 6.92 Å². The lowest BCUT2D eigenvalue weighted by atomic mass is 10.1. The lowest BCUT2D eigenvalue weighted by molar-refractivity contribution is 0.576. The number of sulfonamides is 1. The van der Waals surface area contributed by atoms with E-state index in [2.05, 4.69) is 4.72 Å². The summed E-state index contributed by atoms with van der Waals surface area (Å²) < 4.78 is 40.6. The van der Waals surface area contributed by atoms with Gasteiger partial charge < -0.3 is 5.73 Å². The number of halogens is 1. The van der Waals surface area contributed by atoms with Gasteiger partial charge in [-0.25, -0.2) is 17.5 Å². The van der Waals surface area contributed by atoms with Gasteiger partial charge in [0.2, 0.25) is 10.0 Å². The van der Waals surface area contributed by atoms with Crippen molar-refractivity contribution in [3.8, 4) is 0 Å². The molecule has 1 aromatic rings. The van der Waals surface area contributed by atoms with E-state index in [1.807, 2.05) is 13.2 Å². The van der Waals surface area contributed by atoms with Crippen LogP contribution < -0.4 is 10.5 Å². The number of anilines is 1. The zero-order valence-electron chi connectivity index (χ0n) is 12.2. The number of rotatable bonds is 6. The zero-order valence-corrected chi connectivity index (χ0v) is 13.8. The van der Waals surface area contributed by atoms with Gasteiger partial charge in [0.1, 0.15) is 5.82 Å². The molecule has 1 atom stereocenters. The Morgan fingerprint density at radius 3 is 2.60 bits per heavy atom. The molecule has 0 aliphatic carbocycles. The molecule has 3 N–H and O–H groups in total. The highest BCUT2D eigenvalue weighted by Crippen LogP contribution is 2.27.